The van der Waals surface area contributed by atoms with E-state index in [4.69, 9.17) is 4.74 Å². The van der Waals surface area contributed by atoms with E-state index in [0.29, 0.717) is 12.4 Å². The zero-order valence-electron chi connectivity index (χ0n) is 10.0. The largest absolute Gasteiger partial charge is 0.507 e. The number of aromatic hydroxyl groups is 1. The van der Waals surface area contributed by atoms with Gasteiger partial charge in [-0.3, -0.25) is 0 Å². The number of phenolic OH excluding ortho intramolecular Hbond substituents is 1. The molecule has 0 aliphatic carbocycles. The number of benzene rings is 2. The lowest BCUT2D eigenvalue weighted by Crippen LogP contribution is -1.96. The van der Waals surface area contributed by atoms with Crippen molar-refractivity contribution in [3.8, 4) is 11.5 Å². The number of hydrogen-bond acceptors (Lipinski definition) is 2. The Morgan fingerprint density at radius 2 is 1.71 bits per heavy atom. The molecule has 0 unspecified atom stereocenters. The summed E-state index contributed by atoms with van der Waals surface area (Å²) < 4.78 is 5.64. The van der Waals surface area contributed by atoms with Crippen molar-refractivity contribution in [3.05, 3.63) is 59.2 Å². The third-order valence-electron chi connectivity index (χ3n) is 2.64. The maximum Gasteiger partial charge on any atom is 0.121 e. The molecule has 0 heterocycles. The van der Waals surface area contributed by atoms with Crippen LogP contribution in [-0.4, -0.2) is 5.11 Å². The van der Waals surface area contributed by atoms with Crippen LogP contribution in [0.25, 0.3) is 0 Å². The summed E-state index contributed by atoms with van der Waals surface area (Å²) in [5.41, 5.74) is 2.82. The van der Waals surface area contributed by atoms with Gasteiger partial charge in [0.2, 0.25) is 0 Å². The van der Waals surface area contributed by atoms with Crippen molar-refractivity contribution in [2.45, 2.75) is 20.5 Å². The van der Waals surface area contributed by atoms with Gasteiger partial charge in [0, 0.05) is 0 Å². The molecule has 2 heteroatoms. The molecule has 2 nitrogen and oxygen atoms in total. The highest BCUT2D eigenvalue weighted by Gasteiger charge is 2.03. The Labute approximate surface area is 101 Å². The quantitative estimate of drug-likeness (QED) is 0.871. The average molecular weight is 227 g/mol. The molecule has 0 amide bonds. The highest BCUT2D eigenvalue weighted by molar-refractivity contribution is 5.42. The van der Waals surface area contributed by atoms with Gasteiger partial charge in [-0.2, -0.15) is 0 Å². The Hall–Kier alpha value is -1.96. The summed E-state index contributed by atoms with van der Waals surface area (Å²) in [6.07, 6.45) is 0. The lowest BCUT2D eigenvalue weighted by molar-refractivity contribution is 0.306. The van der Waals surface area contributed by atoms with E-state index in [-0.39, 0.29) is 0 Å². The van der Waals surface area contributed by atoms with Gasteiger partial charge in [0.05, 0.1) is 0 Å². The molecule has 0 fully saturated rings. The third-order valence-corrected chi connectivity index (χ3v) is 2.64. The lowest BCUT2D eigenvalue weighted by Gasteiger charge is -2.09. The van der Waals surface area contributed by atoms with E-state index in [2.05, 4.69) is 6.07 Å². The Balaban J connectivity index is 2.10. The summed E-state index contributed by atoms with van der Waals surface area (Å²) in [5.74, 6) is 1.19. The molecule has 1 N–H and O–H groups in total. The first-order valence-electron chi connectivity index (χ1n) is 5.55. The van der Waals surface area contributed by atoms with Gasteiger partial charge >= 0.3 is 0 Å². The van der Waals surface area contributed by atoms with Gasteiger partial charge in [0.25, 0.3) is 0 Å². The zero-order chi connectivity index (χ0) is 12.3. The van der Waals surface area contributed by atoms with Crippen LogP contribution in [0.5, 0.6) is 11.5 Å². The summed E-state index contributed by atoms with van der Waals surface area (Å²) >= 11 is 0. The fraction of sp³-hybridized carbons (Fsp3) is 0.200. The highest BCUT2D eigenvalue weighted by Crippen LogP contribution is 2.23. The first-order chi connectivity index (χ1) is 8.16. The van der Waals surface area contributed by atoms with Crippen LogP contribution in [0.2, 0.25) is 0 Å². The van der Waals surface area contributed by atoms with Gasteiger partial charge in [0.15, 0.2) is 0 Å². The summed E-state index contributed by atoms with van der Waals surface area (Å²) in [6, 6.07) is 14.2. The molecule has 0 aliphatic heterocycles. The predicted octanol–water partition coefficient (Wildman–Crippen LogP) is 3.39. The standard InChI is InChI=1S/C15H15O2/c1-11-8-13(9-12(2)15(11)16)10-17-14-6-4-3-5-7-14/h4-9,16H,10H2,1-2H3. The Bertz CT molecular complexity index is 481. The van der Waals surface area contributed by atoms with E-state index < -0.39 is 0 Å². The minimum atomic E-state index is 0.364. The molecule has 0 atom stereocenters. The zero-order valence-corrected chi connectivity index (χ0v) is 10.0. The van der Waals surface area contributed by atoms with Crippen molar-refractivity contribution in [1.29, 1.82) is 0 Å². The van der Waals surface area contributed by atoms with Gasteiger partial charge in [-0.05, 0) is 60.9 Å². The molecule has 1 radical (unpaired) electrons. The van der Waals surface area contributed by atoms with Crippen LogP contribution >= 0.6 is 0 Å². The summed E-state index contributed by atoms with van der Waals surface area (Å²) in [6.45, 7) is 4.29. The van der Waals surface area contributed by atoms with Crippen molar-refractivity contribution >= 4 is 0 Å². The van der Waals surface area contributed by atoms with Crippen molar-refractivity contribution in [2.75, 3.05) is 0 Å². The molecule has 2 aromatic rings. The average Bonchev–Trinajstić information content (AvgIpc) is 2.34. The molecule has 0 saturated heterocycles. The first kappa shape index (κ1) is 11.5. The van der Waals surface area contributed by atoms with Crippen molar-refractivity contribution in [1.82, 2.24) is 0 Å². The molecule has 0 aliphatic rings. The van der Waals surface area contributed by atoms with E-state index in [0.717, 1.165) is 22.4 Å². The molecule has 2 rings (SSSR count). The fourth-order valence-corrected chi connectivity index (χ4v) is 1.76. The van der Waals surface area contributed by atoms with Crippen molar-refractivity contribution < 1.29 is 9.84 Å². The van der Waals surface area contributed by atoms with Crippen LogP contribution in [0.1, 0.15) is 16.7 Å². The van der Waals surface area contributed by atoms with Crippen LogP contribution in [-0.2, 0) is 6.61 Å². The Morgan fingerprint density at radius 1 is 1.12 bits per heavy atom. The molecular formula is C15H15O2. The van der Waals surface area contributed by atoms with Gasteiger partial charge in [-0.25, -0.2) is 0 Å². The summed E-state index contributed by atoms with van der Waals surface area (Å²) in [4.78, 5) is 0. The maximum absolute atomic E-state index is 9.67. The van der Waals surface area contributed by atoms with Gasteiger partial charge in [0.1, 0.15) is 18.1 Å². The van der Waals surface area contributed by atoms with E-state index in [9.17, 15) is 5.11 Å². The summed E-state index contributed by atoms with van der Waals surface area (Å²) in [7, 11) is 0. The van der Waals surface area contributed by atoms with E-state index >= 15 is 0 Å². The van der Waals surface area contributed by atoms with Crippen LogP contribution < -0.4 is 4.74 Å². The lowest BCUT2D eigenvalue weighted by atomic mass is 10.1. The second kappa shape index (κ2) is 4.91. The molecule has 0 aromatic heterocycles. The normalized spacial score (nSPS) is 10.2. The number of ether oxygens (including phenoxy) is 1. The van der Waals surface area contributed by atoms with Crippen LogP contribution in [0.4, 0.5) is 0 Å². The SMILES string of the molecule is Cc1cc(COc2cc[c]cc2)cc(C)c1O. The van der Waals surface area contributed by atoms with E-state index in [1.54, 1.807) is 0 Å². The molecule has 87 valence electrons. The van der Waals surface area contributed by atoms with Gasteiger partial charge in [-0.15, -0.1) is 0 Å². The molecule has 0 saturated carbocycles. The third kappa shape index (κ3) is 2.78. The molecule has 17 heavy (non-hydrogen) atoms. The highest BCUT2D eigenvalue weighted by atomic mass is 16.5. The van der Waals surface area contributed by atoms with Crippen molar-refractivity contribution in [2.24, 2.45) is 0 Å². The van der Waals surface area contributed by atoms with E-state index in [1.165, 1.54) is 0 Å². The molecule has 0 bridgehead atoms. The molecule has 2 aromatic carbocycles. The number of rotatable bonds is 3. The van der Waals surface area contributed by atoms with Crippen LogP contribution in [0, 0.1) is 19.9 Å². The Kier molecular flexibility index (Phi) is 3.33. The van der Waals surface area contributed by atoms with E-state index in [1.807, 2.05) is 50.2 Å². The maximum atomic E-state index is 9.67. The van der Waals surface area contributed by atoms with Gasteiger partial charge < -0.3 is 9.84 Å². The smallest absolute Gasteiger partial charge is 0.121 e. The second-order valence-corrected chi connectivity index (χ2v) is 4.10. The summed E-state index contributed by atoms with van der Waals surface area (Å²) in [5, 5.41) is 9.67. The molecule has 0 spiro atoms. The number of aryl methyl sites for hydroxylation is 2. The van der Waals surface area contributed by atoms with Gasteiger partial charge in [-0.1, -0.05) is 12.1 Å². The monoisotopic (exact) mass is 227 g/mol. The van der Waals surface area contributed by atoms with Crippen LogP contribution in [0.3, 0.4) is 0 Å². The predicted molar refractivity (Wildman–Crippen MR) is 67.2 cm³/mol. The Morgan fingerprint density at radius 3 is 2.29 bits per heavy atom. The second-order valence-electron chi connectivity index (χ2n) is 4.10. The van der Waals surface area contributed by atoms with Crippen molar-refractivity contribution in [3.63, 3.8) is 0 Å². The minimum absolute atomic E-state index is 0.364. The minimum Gasteiger partial charge on any atom is -0.507 e. The fourth-order valence-electron chi connectivity index (χ4n) is 1.76. The topological polar surface area (TPSA) is 29.5 Å². The number of phenols is 1. The molecular weight excluding hydrogens is 212 g/mol. The number of hydrogen-bond donors (Lipinski definition) is 1. The first-order valence-corrected chi connectivity index (χ1v) is 5.55. The van der Waals surface area contributed by atoms with Crippen LogP contribution in [0.15, 0.2) is 36.4 Å².